The number of nitrogens with one attached hydrogen (secondary N) is 1. The molecular formula is C18H18N2O. The minimum atomic E-state index is 0.419. The number of para-hydroxylation sites is 1. The average Bonchev–Trinajstić information content (AvgIpc) is 2.53. The van der Waals surface area contributed by atoms with Gasteiger partial charge < -0.3 is 10.1 Å². The van der Waals surface area contributed by atoms with E-state index in [2.05, 4.69) is 17.5 Å². The third kappa shape index (κ3) is 2.71. The largest absolute Gasteiger partial charge is 0.493 e. The third-order valence-electron chi connectivity index (χ3n) is 4.01. The monoisotopic (exact) mass is 278 g/mol. The molecule has 0 amide bonds. The summed E-state index contributed by atoms with van der Waals surface area (Å²) in [4.78, 5) is 0. The van der Waals surface area contributed by atoms with E-state index in [1.54, 1.807) is 0 Å². The molecule has 0 radical (unpaired) electrons. The summed E-state index contributed by atoms with van der Waals surface area (Å²) in [7, 11) is 0. The maximum atomic E-state index is 9.28. The zero-order valence-corrected chi connectivity index (χ0v) is 12.1. The summed E-state index contributed by atoms with van der Waals surface area (Å²) in [6.45, 7) is 3.54. The Morgan fingerprint density at radius 1 is 1.24 bits per heavy atom. The van der Waals surface area contributed by atoms with Gasteiger partial charge >= 0.3 is 0 Å². The molecule has 1 aliphatic rings. The van der Waals surface area contributed by atoms with Crippen LogP contribution in [0.2, 0.25) is 0 Å². The molecule has 0 saturated carbocycles. The van der Waals surface area contributed by atoms with Gasteiger partial charge in [0.1, 0.15) is 11.8 Å². The lowest BCUT2D eigenvalue weighted by Crippen LogP contribution is -2.21. The maximum absolute atomic E-state index is 9.28. The Bertz CT molecular complexity index is 688. The Morgan fingerprint density at radius 2 is 2.10 bits per heavy atom. The van der Waals surface area contributed by atoms with Crippen molar-refractivity contribution >= 4 is 5.69 Å². The van der Waals surface area contributed by atoms with Crippen molar-refractivity contribution < 1.29 is 4.74 Å². The van der Waals surface area contributed by atoms with Crippen molar-refractivity contribution in [3.63, 3.8) is 0 Å². The minimum absolute atomic E-state index is 0.419. The first-order chi connectivity index (χ1) is 10.3. The minimum Gasteiger partial charge on any atom is -0.493 e. The molecule has 1 heterocycles. The van der Waals surface area contributed by atoms with Crippen molar-refractivity contribution in [1.29, 1.82) is 5.26 Å². The summed E-state index contributed by atoms with van der Waals surface area (Å²) in [5.74, 6) is 1.40. The number of hydrogen-bond donors (Lipinski definition) is 1. The Kier molecular flexibility index (Phi) is 3.79. The van der Waals surface area contributed by atoms with Gasteiger partial charge in [-0.25, -0.2) is 0 Å². The van der Waals surface area contributed by atoms with Crippen LogP contribution in [0.1, 0.15) is 29.0 Å². The van der Waals surface area contributed by atoms with E-state index >= 15 is 0 Å². The van der Waals surface area contributed by atoms with Gasteiger partial charge in [0, 0.05) is 12.5 Å². The molecule has 1 atom stereocenters. The predicted molar refractivity (Wildman–Crippen MR) is 83.7 cm³/mol. The highest BCUT2D eigenvalue weighted by Crippen LogP contribution is 2.33. The molecular weight excluding hydrogens is 260 g/mol. The van der Waals surface area contributed by atoms with E-state index in [1.807, 2.05) is 43.3 Å². The SMILES string of the molecule is Cc1cccc(NCC2CCOc3ccccc32)c1C#N. The number of ether oxygens (including phenoxy) is 1. The fourth-order valence-electron chi connectivity index (χ4n) is 2.82. The fourth-order valence-corrected chi connectivity index (χ4v) is 2.82. The molecule has 3 rings (SSSR count). The van der Waals surface area contributed by atoms with Crippen LogP contribution in [0.15, 0.2) is 42.5 Å². The molecule has 0 aromatic heterocycles. The highest BCUT2D eigenvalue weighted by atomic mass is 16.5. The zero-order chi connectivity index (χ0) is 14.7. The van der Waals surface area contributed by atoms with Crippen LogP contribution in [-0.4, -0.2) is 13.2 Å². The van der Waals surface area contributed by atoms with Gasteiger partial charge in [-0.15, -0.1) is 0 Å². The molecule has 0 fully saturated rings. The number of fused-ring (bicyclic) bond motifs is 1. The Balaban J connectivity index is 1.78. The lowest BCUT2D eigenvalue weighted by atomic mass is 9.93. The molecule has 3 heteroatoms. The first-order valence-electron chi connectivity index (χ1n) is 7.25. The lowest BCUT2D eigenvalue weighted by Gasteiger charge is -2.26. The smallest absolute Gasteiger partial charge is 0.122 e. The molecule has 0 spiro atoms. The first-order valence-corrected chi connectivity index (χ1v) is 7.25. The van der Waals surface area contributed by atoms with E-state index in [0.29, 0.717) is 5.92 Å². The van der Waals surface area contributed by atoms with Crippen molar-refractivity contribution in [3.8, 4) is 11.8 Å². The average molecular weight is 278 g/mol. The van der Waals surface area contributed by atoms with Crippen LogP contribution in [0.3, 0.4) is 0 Å². The van der Waals surface area contributed by atoms with Crippen LogP contribution >= 0.6 is 0 Å². The Hall–Kier alpha value is -2.47. The number of aryl methyl sites for hydroxylation is 1. The van der Waals surface area contributed by atoms with Crippen molar-refractivity contribution in [1.82, 2.24) is 0 Å². The quantitative estimate of drug-likeness (QED) is 0.927. The number of anilines is 1. The molecule has 0 saturated heterocycles. The summed E-state index contributed by atoms with van der Waals surface area (Å²) >= 11 is 0. The normalized spacial score (nSPS) is 16.5. The van der Waals surface area contributed by atoms with Gasteiger partial charge in [-0.05, 0) is 36.6 Å². The summed E-state index contributed by atoms with van der Waals surface area (Å²) in [6, 6.07) is 16.4. The molecule has 21 heavy (non-hydrogen) atoms. The van der Waals surface area contributed by atoms with Gasteiger partial charge in [0.25, 0.3) is 0 Å². The molecule has 2 aromatic carbocycles. The molecule has 0 bridgehead atoms. The second kappa shape index (κ2) is 5.88. The highest BCUT2D eigenvalue weighted by Gasteiger charge is 2.21. The lowest BCUT2D eigenvalue weighted by molar-refractivity contribution is 0.270. The first kappa shape index (κ1) is 13.5. The fraction of sp³-hybridized carbons (Fsp3) is 0.278. The molecule has 1 aliphatic heterocycles. The Morgan fingerprint density at radius 3 is 2.95 bits per heavy atom. The van der Waals surface area contributed by atoms with Crippen LogP contribution in [-0.2, 0) is 0 Å². The second-order valence-corrected chi connectivity index (χ2v) is 5.36. The summed E-state index contributed by atoms with van der Waals surface area (Å²) in [5.41, 5.74) is 3.91. The second-order valence-electron chi connectivity index (χ2n) is 5.36. The van der Waals surface area contributed by atoms with Crippen LogP contribution in [0.25, 0.3) is 0 Å². The topological polar surface area (TPSA) is 45.0 Å². The van der Waals surface area contributed by atoms with E-state index in [-0.39, 0.29) is 0 Å². The Labute approximate surface area is 125 Å². The van der Waals surface area contributed by atoms with Crippen molar-refractivity contribution in [2.75, 3.05) is 18.5 Å². The van der Waals surface area contributed by atoms with E-state index in [1.165, 1.54) is 5.56 Å². The van der Waals surface area contributed by atoms with Gasteiger partial charge in [0.05, 0.1) is 17.9 Å². The summed E-state index contributed by atoms with van der Waals surface area (Å²) < 4.78 is 5.69. The number of hydrogen-bond acceptors (Lipinski definition) is 3. The number of nitriles is 1. The van der Waals surface area contributed by atoms with Crippen LogP contribution in [0.5, 0.6) is 5.75 Å². The van der Waals surface area contributed by atoms with Crippen molar-refractivity contribution in [2.24, 2.45) is 0 Å². The molecule has 1 N–H and O–H groups in total. The van der Waals surface area contributed by atoms with Gasteiger partial charge in [-0.1, -0.05) is 30.3 Å². The molecule has 2 aromatic rings. The molecule has 1 unspecified atom stereocenters. The van der Waals surface area contributed by atoms with Gasteiger partial charge in [-0.3, -0.25) is 0 Å². The number of benzene rings is 2. The van der Waals surface area contributed by atoms with Crippen LogP contribution < -0.4 is 10.1 Å². The molecule has 0 aliphatic carbocycles. The molecule has 3 nitrogen and oxygen atoms in total. The maximum Gasteiger partial charge on any atom is 0.122 e. The van der Waals surface area contributed by atoms with Crippen molar-refractivity contribution in [2.45, 2.75) is 19.3 Å². The number of nitrogens with zero attached hydrogens (tertiary/aromatic N) is 1. The van der Waals surface area contributed by atoms with E-state index in [9.17, 15) is 5.26 Å². The van der Waals surface area contributed by atoms with Gasteiger partial charge in [0.15, 0.2) is 0 Å². The van der Waals surface area contributed by atoms with Crippen molar-refractivity contribution in [3.05, 3.63) is 59.2 Å². The van der Waals surface area contributed by atoms with Crippen LogP contribution in [0.4, 0.5) is 5.69 Å². The molecule has 106 valence electrons. The number of rotatable bonds is 3. The zero-order valence-electron chi connectivity index (χ0n) is 12.1. The summed E-state index contributed by atoms with van der Waals surface area (Å²) in [5, 5.41) is 12.7. The van der Waals surface area contributed by atoms with E-state index in [4.69, 9.17) is 4.74 Å². The predicted octanol–water partition coefficient (Wildman–Crippen LogP) is 3.84. The van der Waals surface area contributed by atoms with Crippen LogP contribution in [0, 0.1) is 18.3 Å². The standard InChI is InChI=1S/C18H18N2O/c1-13-5-4-7-17(16(13)11-19)20-12-14-9-10-21-18-8-3-2-6-15(14)18/h2-8,14,20H,9-10,12H2,1H3. The summed E-state index contributed by atoms with van der Waals surface area (Å²) in [6.07, 6.45) is 0.998. The van der Waals surface area contributed by atoms with E-state index in [0.717, 1.165) is 42.1 Å². The van der Waals surface area contributed by atoms with Gasteiger partial charge in [0.2, 0.25) is 0 Å². The highest BCUT2D eigenvalue weighted by molar-refractivity contribution is 5.60. The third-order valence-corrected chi connectivity index (χ3v) is 4.01. The van der Waals surface area contributed by atoms with Gasteiger partial charge in [-0.2, -0.15) is 5.26 Å². The van der Waals surface area contributed by atoms with E-state index < -0.39 is 0 Å².